The number of hydrogen-bond donors (Lipinski definition) is 0. The Hall–Kier alpha value is -3.91. The monoisotopic (exact) mass is 390 g/mol. The van der Waals surface area contributed by atoms with Gasteiger partial charge >= 0.3 is 0 Å². The Morgan fingerprint density at radius 2 is 0.967 bits per heavy atom. The first-order valence-corrected chi connectivity index (χ1v) is 9.85. The van der Waals surface area contributed by atoms with E-state index in [1.807, 2.05) is 60.7 Å². The Bertz CT molecular complexity index is 1140. The Labute approximate surface area is 177 Å². The molecule has 2 heteroatoms. The summed E-state index contributed by atoms with van der Waals surface area (Å²) in [5, 5.41) is 0. The van der Waals surface area contributed by atoms with Crippen LogP contribution in [-0.4, -0.2) is 13.4 Å². The quantitative estimate of drug-likeness (QED) is 0.277. The van der Waals surface area contributed by atoms with Crippen LogP contribution in [0.3, 0.4) is 0 Å². The van der Waals surface area contributed by atoms with Crippen molar-refractivity contribution in [1.82, 2.24) is 0 Å². The molecule has 4 aromatic rings. The van der Waals surface area contributed by atoms with Crippen molar-refractivity contribution in [2.45, 2.75) is 0 Å². The van der Waals surface area contributed by atoms with Gasteiger partial charge < -0.3 is 4.74 Å². The highest BCUT2D eigenvalue weighted by molar-refractivity contribution is 6.04. The van der Waals surface area contributed by atoms with E-state index in [4.69, 9.17) is 4.74 Å². The second-order valence-corrected chi connectivity index (χ2v) is 6.95. The van der Waals surface area contributed by atoms with Crippen LogP contribution >= 0.6 is 0 Å². The number of ether oxygens (including phenoxy) is 1. The van der Waals surface area contributed by atoms with Crippen LogP contribution in [0.5, 0.6) is 5.75 Å². The van der Waals surface area contributed by atoms with E-state index in [9.17, 15) is 4.79 Å². The molecule has 146 valence electrons. The number of carbonyl (C=O) groups excluding carboxylic acids is 1. The Kier molecular flexibility index (Phi) is 5.86. The second-order valence-electron chi connectivity index (χ2n) is 6.95. The molecule has 0 atom stereocenters. The van der Waals surface area contributed by atoms with Crippen LogP contribution < -0.4 is 4.74 Å². The van der Waals surface area contributed by atoms with Gasteiger partial charge in [-0.25, -0.2) is 0 Å². The molecule has 0 radical (unpaired) electrons. The normalized spacial score (nSPS) is 11.5. The number of methoxy groups -OCH3 is 1. The minimum Gasteiger partial charge on any atom is -0.497 e. The highest BCUT2D eigenvalue weighted by Crippen LogP contribution is 2.37. The van der Waals surface area contributed by atoms with E-state index >= 15 is 0 Å². The van der Waals surface area contributed by atoms with E-state index in [0.29, 0.717) is 5.56 Å². The summed E-state index contributed by atoms with van der Waals surface area (Å²) in [6.07, 6.45) is 0.872. The van der Waals surface area contributed by atoms with Crippen molar-refractivity contribution in [3.8, 4) is 5.75 Å². The maximum absolute atomic E-state index is 11.2. The maximum atomic E-state index is 11.2. The third-order valence-electron chi connectivity index (χ3n) is 5.09. The zero-order valence-corrected chi connectivity index (χ0v) is 16.8. The van der Waals surface area contributed by atoms with Crippen molar-refractivity contribution in [3.05, 3.63) is 137 Å². The molecule has 0 unspecified atom stereocenters. The number of hydrogen-bond acceptors (Lipinski definition) is 2. The summed E-state index contributed by atoms with van der Waals surface area (Å²) in [5.74, 6) is 0.822. The number of aldehydes is 1. The molecule has 0 saturated carbocycles. The first-order valence-electron chi connectivity index (χ1n) is 9.85. The highest BCUT2D eigenvalue weighted by Gasteiger charge is 2.16. The molecule has 0 saturated heterocycles. The molecule has 4 rings (SSSR count). The van der Waals surface area contributed by atoms with Crippen LogP contribution in [0.15, 0.2) is 109 Å². The molecule has 0 aliphatic carbocycles. The topological polar surface area (TPSA) is 26.3 Å². The molecule has 0 aliphatic heterocycles. The maximum Gasteiger partial charge on any atom is 0.150 e. The Balaban J connectivity index is 2.04. The second kappa shape index (κ2) is 9.06. The number of benzene rings is 4. The largest absolute Gasteiger partial charge is 0.497 e. The van der Waals surface area contributed by atoms with Crippen LogP contribution in [0, 0.1) is 0 Å². The standard InChI is InChI=1S/C28H22O2/c1-30-26-18-16-25(17-19-26)28(23-10-6-3-7-11-23)27(22-8-4-2-5-9-22)24-14-12-21(20-29)13-15-24/h2-20H,1H3/b28-27+. The van der Waals surface area contributed by atoms with Gasteiger partial charge in [-0.15, -0.1) is 0 Å². The zero-order valence-electron chi connectivity index (χ0n) is 16.8. The summed E-state index contributed by atoms with van der Waals surface area (Å²) in [6.45, 7) is 0. The van der Waals surface area contributed by atoms with Gasteiger partial charge in [0.2, 0.25) is 0 Å². The SMILES string of the molecule is COc1ccc(/C(=C(\c2ccccc2)c2ccc(C=O)cc2)c2ccccc2)cc1. The molecular weight excluding hydrogens is 368 g/mol. The molecule has 0 aliphatic rings. The predicted octanol–water partition coefficient (Wildman–Crippen LogP) is 6.52. The minimum absolute atomic E-state index is 0.664. The summed E-state index contributed by atoms with van der Waals surface area (Å²) in [7, 11) is 1.67. The van der Waals surface area contributed by atoms with Gasteiger partial charge in [0.1, 0.15) is 12.0 Å². The van der Waals surface area contributed by atoms with Crippen molar-refractivity contribution >= 4 is 17.4 Å². The highest BCUT2D eigenvalue weighted by atomic mass is 16.5. The summed E-state index contributed by atoms with van der Waals surface area (Å²) in [4.78, 5) is 11.2. The van der Waals surface area contributed by atoms with Crippen molar-refractivity contribution in [2.75, 3.05) is 7.11 Å². The summed E-state index contributed by atoms with van der Waals surface area (Å²) in [5.41, 5.74) is 7.30. The lowest BCUT2D eigenvalue weighted by molar-refractivity contribution is 0.112. The van der Waals surface area contributed by atoms with Gasteiger partial charge in [-0.2, -0.15) is 0 Å². The van der Waals surface area contributed by atoms with Gasteiger partial charge in [-0.3, -0.25) is 4.79 Å². The van der Waals surface area contributed by atoms with E-state index in [2.05, 4.69) is 48.5 Å². The molecule has 0 spiro atoms. The van der Waals surface area contributed by atoms with E-state index in [1.54, 1.807) is 7.11 Å². The molecule has 2 nitrogen and oxygen atoms in total. The molecule has 0 aromatic heterocycles. The average Bonchev–Trinajstić information content (AvgIpc) is 2.84. The van der Waals surface area contributed by atoms with Crippen molar-refractivity contribution < 1.29 is 9.53 Å². The zero-order chi connectivity index (χ0) is 20.8. The summed E-state index contributed by atoms with van der Waals surface area (Å²) < 4.78 is 5.36. The lowest BCUT2D eigenvalue weighted by Gasteiger charge is -2.18. The fourth-order valence-electron chi connectivity index (χ4n) is 3.61. The van der Waals surface area contributed by atoms with Crippen LogP contribution in [0.4, 0.5) is 0 Å². The third-order valence-corrected chi connectivity index (χ3v) is 5.09. The molecular formula is C28H22O2. The average molecular weight is 390 g/mol. The van der Waals surface area contributed by atoms with Gasteiger partial charge in [0.15, 0.2) is 0 Å². The predicted molar refractivity (Wildman–Crippen MR) is 123 cm³/mol. The van der Waals surface area contributed by atoms with Gasteiger partial charge in [-0.1, -0.05) is 97.1 Å². The lowest BCUT2D eigenvalue weighted by atomic mass is 9.85. The summed E-state index contributed by atoms with van der Waals surface area (Å²) in [6, 6.07) is 36.6. The van der Waals surface area contributed by atoms with E-state index in [0.717, 1.165) is 45.4 Å². The van der Waals surface area contributed by atoms with E-state index in [-0.39, 0.29) is 0 Å². The first-order chi connectivity index (χ1) is 14.8. The Morgan fingerprint density at radius 3 is 1.37 bits per heavy atom. The van der Waals surface area contributed by atoms with Crippen molar-refractivity contribution in [1.29, 1.82) is 0 Å². The van der Waals surface area contributed by atoms with Crippen molar-refractivity contribution in [3.63, 3.8) is 0 Å². The minimum atomic E-state index is 0.664. The fourth-order valence-corrected chi connectivity index (χ4v) is 3.61. The Morgan fingerprint density at radius 1 is 0.567 bits per heavy atom. The van der Waals surface area contributed by atoms with Gasteiger partial charge in [-0.05, 0) is 45.5 Å². The van der Waals surface area contributed by atoms with E-state index < -0.39 is 0 Å². The fraction of sp³-hybridized carbons (Fsp3) is 0.0357. The lowest BCUT2D eigenvalue weighted by Crippen LogP contribution is -1.98. The van der Waals surface area contributed by atoms with Crippen LogP contribution in [0.25, 0.3) is 11.1 Å². The van der Waals surface area contributed by atoms with Crippen LogP contribution in [-0.2, 0) is 0 Å². The van der Waals surface area contributed by atoms with Gasteiger partial charge in [0.25, 0.3) is 0 Å². The molecule has 0 N–H and O–H groups in total. The van der Waals surface area contributed by atoms with E-state index in [1.165, 1.54) is 0 Å². The molecule has 30 heavy (non-hydrogen) atoms. The number of rotatable bonds is 6. The first kappa shape index (κ1) is 19.4. The molecule has 0 fully saturated rings. The molecule has 4 aromatic carbocycles. The van der Waals surface area contributed by atoms with Gasteiger partial charge in [0, 0.05) is 5.56 Å². The molecule has 0 bridgehead atoms. The smallest absolute Gasteiger partial charge is 0.150 e. The van der Waals surface area contributed by atoms with Crippen LogP contribution in [0.2, 0.25) is 0 Å². The van der Waals surface area contributed by atoms with Crippen molar-refractivity contribution in [2.24, 2.45) is 0 Å². The molecule has 0 amide bonds. The molecule has 0 heterocycles. The third kappa shape index (κ3) is 4.08. The number of carbonyl (C=O) groups is 1. The van der Waals surface area contributed by atoms with Gasteiger partial charge in [0.05, 0.1) is 7.11 Å². The summed E-state index contributed by atoms with van der Waals surface area (Å²) >= 11 is 0. The van der Waals surface area contributed by atoms with Crippen LogP contribution in [0.1, 0.15) is 32.6 Å².